The third kappa shape index (κ3) is 4.28. The average molecular weight is 350 g/mol. The summed E-state index contributed by atoms with van der Waals surface area (Å²) in [6, 6.07) is 20.7. The van der Waals surface area contributed by atoms with Gasteiger partial charge in [0.15, 0.2) is 0 Å². The summed E-state index contributed by atoms with van der Waals surface area (Å²) < 4.78 is 0. The maximum Gasteiger partial charge on any atom is 0.0367 e. The highest BCUT2D eigenvalue weighted by Crippen LogP contribution is 2.22. The highest BCUT2D eigenvalue weighted by atomic mass is 15.3. The molecule has 0 bridgehead atoms. The third-order valence-corrected chi connectivity index (χ3v) is 6.04. The minimum atomic E-state index is 0.780. The van der Waals surface area contributed by atoms with Crippen LogP contribution in [-0.4, -0.2) is 55.1 Å². The molecule has 2 heterocycles. The Morgan fingerprint density at radius 1 is 0.769 bits per heavy atom. The van der Waals surface area contributed by atoms with Crippen LogP contribution in [0.5, 0.6) is 0 Å². The van der Waals surface area contributed by atoms with Gasteiger partial charge in [-0.2, -0.15) is 0 Å². The van der Waals surface area contributed by atoms with Crippen LogP contribution < -0.4 is 4.90 Å². The number of likely N-dealkylation sites (tertiary alicyclic amines) is 1. The van der Waals surface area contributed by atoms with Crippen molar-refractivity contribution in [1.29, 1.82) is 0 Å². The minimum Gasteiger partial charge on any atom is -0.369 e. The van der Waals surface area contributed by atoms with Gasteiger partial charge >= 0.3 is 0 Å². The zero-order valence-electron chi connectivity index (χ0n) is 16.0. The van der Waals surface area contributed by atoms with Crippen LogP contribution in [0.4, 0.5) is 5.69 Å². The fourth-order valence-electron chi connectivity index (χ4n) is 4.38. The molecule has 0 N–H and O–H groups in total. The van der Waals surface area contributed by atoms with Crippen molar-refractivity contribution >= 4 is 5.69 Å². The van der Waals surface area contributed by atoms with Gasteiger partial charge in [-0.3, -0.25) is 9.80 Å². The number of piperidine rings is 1. The molecule has 3 nitrogen and oxygen atoms in total. The van der Waals surface area contributed by atoms with E-state index in [1.54, 1.807) is 0 Å². The average Bonchev–Trinajstić information content (AvgIpc) is 2.71. The van der Waals surface area contributed by atoms with E-state index < -0.39 is 0 Å². The van der Waals surface area contributed by atoms with Gasteiger partial charge < -0.3 is 4.90 Å². The summed E-state index contributed by atoms with van der Waals surface area (Å²) >= 11 is 0. The highest BCUT2D eigenvalue weighted by molar-refractivity contribution is 5.46. The molecule has 2 aromatic carbocycles. The van der Waals surface area contributed by atoms with Crippen molar-refractivity contribution in [1.82, 2.24) is 9.80 Å². The number of aryl methyl sites for hydroxylation is 1. The van der Waals surface area contributed by atoms with Crippen molar-refractivity contribution in [3.8, 4) is 0 Å². The molecule has 26 heavy (non-hydrogen) atoms. The van der Waals surface area contributed by atoms with E-state index in [0.717, 1.165) is 25.7 Å². The molecular formula is C23H31N3. The van der Waals surface area contributed by atoms with Crippen LogP contribution in [0.1, 0.15) is 24.0 Å². The van der Waals surface area contributed by atoms with Crippen molar-refractivity contribution in [2.75, 3.05) is 44.2 Å². The maximum atomic E-state index is 2.74. The Labute approximate surface area is 158 Å². The second-order valence-electron chi connectivity index (χ2n) is 7.85. The maximum absolute atomic E-state index is 2.74. The summed E-state index contributed by atoms with van der Waals surface area (Å²) in [6.45, 7) is 10.5. The predicted molar refractivity (Wildman–Crippen MR) is 110 cm³/mol. The molecule has 2 fully saturated rings. The number of benzene rings is 2. The van der Waals surface area contributed by atoms with Gasteiger partial charge in [-0.25, -0.2) is 0 Å². The summed E-state index contributed by atoms with van der Waals surface area (Å²) in [5.41, 5.74) is 4.17. The zero-order valence-corrected chi connectivity index (χ0v) is 16.0. The molecule has 2 aliphatic heterocycles. The lowest BCUT2D eigenvalue weighted by molar-refractivity contribution is 0.0998. The van der Waals surface area contributed by atoms with Gasteiger partial charge in [0.05, 0.1) is 0 Å². The molecule has 4 rings (SSSR count). The first-order valence-corrected chi connectivity index (χ1v) is 10.1. The van der Waals surface area contributed by atoms with E-state index in [0.29, 0.717) is 0 Å². The topological polar surface area (TPSA) is 9.72 Å². The monoisotopic (exact) mass is 349 g/mol. The Morgan fingerprint density at radius 3 is 2.08 bits per heavy atom. The summed E-state index contributed by atoms with van der Waals surface area (Å²) in [7, 11) is 0. The lowest BCUT2D eigenvalue weighted by Gasteiger charge is -2.43. The third-order valence-electron chi connectivity index (χ3n) is 6.04. The number of nitrogens with zero attached hydrogens (tertiary/aromatic N) is 3. The first-order valence-electron chi connectivity index (χ1n) is 10.1. The van der Waals surface area contributed by atoms with E-state index in [-0.39, 0.29) is 0 Å². The normalized spacial score (nSPS) is 20.4. The summed E-state index contributed by atoms with van der Waals surface area (Å²) in [6.07, 6.45) is 2.63. The molecule has 0 unspecified atom stereocenters. The fourth-order valence-corrected chi connectivity index (χ4v) is 4.38. The van der Waals surface area contributed by atoms with Crippen molar-refractivity contribution in [3.63, 3.8) is 0 Å². The largest absolute Gasteiger partial charge is 0.369 e. The van der Waals surface area contributed by atoms with Gasteiger partial charge in [0.1, 0.15) is 0 Å². The van der Waals surface area contributed by atoms with Gasteiger partial charge in [0, 0.05) is 44.5 Å². The molecule has 2 aliphatic rings. The molecule has 0 atom stereocenters. The van der Waals surface area contributed by atoms with Crippen molar-refractivity contribution in [3.05, 3.63) is 65.7 Å². The Kier molecular flexibility index (Phi) is 5.57. The van der Waals surface area contributed by atoms with E-state index in [1.807, 2.05) is 0 Å². The van der Waals surface area contributed by atoms with E-state index >= 15 is 0 Å². The van der Waals surface area contributed by atoms with Crippen LogP contribution in [0.2, 0.25) is 0 Å². The molecular weight excluding hydrogens is 318 g/mol. The molecule has 0 saturated carbocycles. The summed E-state index contributed by atoms with van der Waals surface area (Å²) in [5.74, 6) is 0. The van der Waals surface area contributed by atoms with Crippen molar-refractivity contribution < 1.29 is 0 Å². The van der Waals surface area contributed by atoms with E-state index in [4.69, 9.17) is 0 Å². The number of hydrogen-bond donors (Lipinski definition) is 0. The number of rotatable bonds is 4. The quantitative estimate of drug-likeness (QED) is 0.832. The van der Waals surface area contributed by atoms with Crippen molar-refractivity contribution in [2.24, 2.45) is 0 Å². The smallest absolute Gasteiger partial charge is 0.0367 e. The van der Waals surface area contributed by atoms with E-state index in [9.17, 15) is 0 Å². The van der Waals surface area contributed by atoms with Gasteiger partial charge in [0.2, 0.25) is 0 Å². The molecule has 2 saturated heterocycles. The van der Waals surface area contributed by atoms with E-state index in [2.05, 4.69) is 76.2 Å². The second-order valence-corrected chi connectivity index (χ2v) is 7.85. The minimum absolute atomic E-state index is 0.780. The summed E-state index contributed by atoms with van der Waals surface area (Å²) in [5, 5.41) is 0. The molecule has 3 heteroatoms. The first kappa shape index (κ1) is 17.6. The van der Waals surface area contributed by atoms with Crippen LogP contribution in [-0.2, 0) is 6.54 Å². The molecule has 0 radical (unpaired) electrons. The number of para-hydroxylation sites is 1. The van der Waals surface area contributed by atoms with Crippen LogP contribution in [0, 0.1) is 6.92 Å². The Morgan fingerprint density at radius 2 is 1.42 bits per heavy atom. The lowest BCUT2D eigenvalue weighted by Crippen LogP contribution is -2.53. The standard InChI is InChI=1S/C23H31N3/c1-20-7-9-21(10-8-20)19-24-13-11-23(12-14-24)26-17-15-25(16-18-26)22-5-3-2-4-6-22/h2-10,23H,11-19H2,1H3. The highest BCUT2D eigenvalue weighted by Gasteiger charge is 2.27. The molecule has 0 aromatic heterocycles. The molecule has 138 valence electrons. The van der Waals surface area contributed by atoms with Crippen LogP contribution in [0.3, 0.4) is 0 Å². The number of piperazine rings is 1. The predicted octanol–water partition coefficient (Wildman–Crippen LogP) is 3.78. The van der Waals surface area contributed by atoms with Crippen LogP contribution >= 0.6 is 0 Å². The Balaban J connectivity index is 1.23. The molecule has 2 aromatic rings. The van der Waals surface area contributed by atoms with Crippen LogP contribution in [0.25, 0.3) is 0 Å². The lowest BCUT2D eigenvalue weighted by atomic mass is 10.0. The molecule has 0 spiro atoms. The first-order chi connectivity index (χ1) is 12.8. The van der Waals surface area contributed by atoms with Crippen molar-refractivity contribution in [2.45, 2.75) is 32.4 Å². The Bertz CT molecular complexity index is 666. The van der Waals surface area contributed by atoms with Gasteiger partial charge in [0.25, 0.3) is 0 Å². The number of hydrogen-bond acceptors (Lipinski definition) is 3. The zero-order chi connectivity index (χ0) is 17.8. The molecule has 0 amide bonds. The molecule has 0 aliphatic carbocycles. The SMILES string of the molecule is Cc1ccc(CN2CCC(N3CCN(c4ccccc4)CC3)CC2)cc1. The van der Waals surface area contributed by atoms with E-state index in [1.165, 1.54) is 55.8 Å². The fraction of sp³-hybridized carbons (Fsp3) is 0.478. The number of anilines is 1. The van der Waals surface area contributed by atoms with Crippen LogP contribution in [0.15, 0.2) is 54.6 Å². The van der Waals surface area contributed by atoms with Gasteiger partial charge in [-0.05, 0) is 50.6 Å². The Hall–Kier alpha value is -1.84. The van der Waals surface area contributed by atoms with Gasteiger partial charge in [-0.15, -0.1) is 0 Å². The summed E-state index contributed by atoms with van der Waals surface area (Å²) in [4.78, 5) is 7.90. The van der Waals surface area contributed by atoms with Gasteiger partial charge in [-0.1, -0.05) is 48.0 Å². The second kappa shape index (κ2) is 8.24.